The Morgan fingerprint density at radius 3 is 2.18 bits per heavy atom. The van der Waals surface area contributed by atoms with Gasteiger partial charge in [0.2, 0.25) is 0 Å². The fourth-order valence-corrected chi connectivity index (χ4v) is 7.11. The summed E-state index contributed by atoms with van der Waals surface area (Å²) in [6.45, 7) is 2.26. The summed E-state index contributed by atoms with van der Waals surface area (Å²) in [5.74, 6) is 4.62. The number of carbonyl (C=O) groups is 1. The minimum Gasteiger partial charge on any atom is -0.458 e. The van der Waals surface area contributed by atoms with Crippen LogP contribution >= 0.6 is 0 Å². The summed E-state index contributed by atoms with van der Waals surface area (Å²) >= 11 is 0. The summed E-state index contributed by atoms with van der Waals surface area (Å²) in [5, 5.41) is 0. The van der Waals surface area contributed by atoms with Gasteiger partial charge < -0.3 is 4.74 Å². The van der Waals surface area contributed by atoms with Crippen molar-refractivity contribution in [1.29, 1.82) is 0 Å². The Labute approximate surface area is 133 Å². The lowest BCUT2D eigenvalue weighted by molar-refractivity contribution is -0.215. The van der Waals surface area contributed by atoms with Gasteiger partial charge in [-0.3, -0.25) is 4.79 Å². The third-order valence-corrected chi connectivity index (χ3v) is 7.95. The molecule has 6 aliphatic carbocycles. The molecule has 0 N–H and O–H groups in total. The Bertz CT molecular complexity index is 492. The first-order valence-corrected chi connectivity index (χ1v) is 9.59. The highest BCUT2D eigenvalue weighted by Gasteiger charge is 2.59. The van der Waals surface area contributed by atoms with Crippen LogP contribution in [0.5, 0.6) is 0 Å². The molecule has 0 aromatic rings. The molecular weight excluding hydrogens is 272 g/mol. The lowest BCUT2D eigenvalue weighted by atomic mass is 9.49. The standard InChI is InChI=1S/C20H28O2/c1-2-20(16-7-13-5-14(9-16)10-17(20)8-13)22-19(21)18-11-12-3-4-15(18)6-12/h3-4,12-18H,2,5-11H2,1H3/t12-,13?,14?,15+,16?,17?,18+,20?/m0/s1. The normalized spacial score (nSPS) is 54.1. The van der Waals surface area contributed by atoms with Gasteiger partial charge in [0.15, 0.2) is 0 Å². The van der Waals surface area contributed by atoms with Crippen LogP contribution in [0.15, 0.2) is 12.2 Å². The van der Waals surface area contributed by atoms with Gasteiger partial charge in [0.1, 0.15) is 5.60 Å². The summed E-state index contributed by atoms with van der Waals surface area (Å²) < 4.78 is 6.43. The van der Waals surface area contributed by atoms with Crippen molar-refractivity contribution < 1.29 is 9.53 Å². The third-order valence-electron chi connectivity index (χ3n) is 7.95. The van der Waals surface area contributed by atoms with Crippen molar-refractivity contribution in [1.82, 2.24) is 0 Å². The molecule has 0 aromatic carbocycles. The second kappa shape index (κ2) is 4.61. The quantitative estimate of drug-likeness (QED) is 0.572. The average molecular weight is 300 g/mol. The van der Waals surface area contributed by atoms with Crippen molar-refractivity contribution in [2.45, 2.75) is 63.9 Å². The van der Waals surface area contributed by atoms with Crippen LogP contribution in [0.25, 0.3) is 0 Å². The minimum atomic E-state index is -0.101. The summed E-state index contributed by atoms with van der Waals surface area (Å²) in [7, 11) is 0. The van der Waals surface area contributed by atoms with E-state index in [4.69, 9.17) is 4.74 Å². The molecule has 6 aliphatic rings. The van der Waals surface area contributed by atoms with Crippen LogP contribution in [-0.4, -0.2) is 11.6 Å². The van der Waals surface area contributed by atoms with Gasteiger partial charge in [0.05, 0.1) is 5.92 Å². The summed E-state index contributed by atoms with van der Waals surface area (Å²) in [4.78, 5) is 12.9. The average Bonchev–Trinajstić information content (AvgIpc) is 3.13. The Balaban J connectivity index is 1.38. The predicted octanol–water partition coefficient (Wildman–Crippen LogP) is 4.35. The van der Waals surface area contributed by atoms with Crippen molar-refractivity contribution in [2.75, 3.05) is 0 Å². The SMILES string of the molecule is CCC1(OC(=O)[C@@H]2C[C@H]3C=C[C@@H]2C3)C2CC3CC(C2)CC1C3. The highest BCUT2D eigenvalue weighted by atomic mass is 16.6. The highest BCUT2D eigenvalue weighted by molar-refractivity contribution is 5.74. The van der Waals surface area contributed by atoms with E-state index in [1.54, 1.807) is 0 Å². The maximum atomic E-state index is 12.9. The highest BCUT2D eigenvalue weighted by Crippen LogP contribution is 2.61. The van der Waals surface area contributed by atoms with E-state index in [0.717, 1.165) is 24.7 Å². The molecule has 120 valence electrons. The molecular formula is C20H28O2. The van der Waals surface area contributed by atoms with E-state index in [0.29, 0.717) is 23.7 Å². The monoisotopic (exact) mass is 300 g/mol. The van der Waals surface area contributed by atoms with E-state index in [1.807, 2.05) is 0 Å². The molecule has 0 heterocycles. The number of esters is 1. The van der Waals surface area contributed by atoms with Crippen LogP contribution in [-0.2, 0) is 9.53 Å². The van der Waals surface area contributed by atoms with Crippen molar-refractivity contribution in [3.05, 3.63) is 12.2 Å². The molecule has 0 spiro atoms. The number of allylic oxidation sites excluding steroid dienone is 2. The van der Waals surface area contributed by atoms with Crippen LogP contribution in [0.3, 0.4) is 0 Å². The molecule has 3 atom stereocenters. The summed E-state index contributed by atoms with van der Waals surface area (Å²) in [5.41, 5.74) is -0.101. The molecule has 0 saturated heterocycles. The molecule has 0 radical (unpaired) electrons. The van der Waals surface area contributed by atoms with Gasteiger partial charge in [-0.15, -0.1) is 0 Å². The van der Waals surface area contributed by atoms with Gasteiger partial charge in [0.25, 0.3) is 0 Å². The first kappa shape index (κ1) is 13.6. The molecule has 5 saturated carbocycles. The molecule has 0 aromatic heterocycles. The Morgan fingerprint density at radius 1 is 1.00 bits per heavy atom. The molecule has 6 bridgehead atoms. The van der Waals surface area contributed by atoms with E-state index >= 15 is 0 Å². The van der Waals surface area contributed by atoms with E-state index in [1.165, 1.54) is 38.5 Å². The van der Waals surface area contributed by atoms with Gasteiger partial charge in [-0.25, -0.2) is 0 Å². The van der Waals surface area contributed by atoms with Gasteiger partial charge in [-0.1, -0.05) is 19.1 Å². The lowest BCUT2D eigenvalue weighted by Crippen LogP contribution is -2.59. The smallest absolute Gasteiger partial charge is 0.310 e. The van der Waals surface area contributed by atoms with Crippen LogP contribution in [0.2, 0.25) is 0 Å². The zero-order valence-electron chi connectivity index (χ0n) is 13.7. The van der Waals surface area contributed by atoms with Crippen molar-refractivity contribution in [2.24, 2.45) is 41.4 Å². The second-order valence-corrected chi connectivity index (χ2v) is 8.92. The Morgan fingerprint density at radius 2 is 1.68 bits per heavy atom. The number of fused-ring (bicyclic) bond motifs is 2. The van der Waals surface area contributed by atoms with Crippen LogP contribution < -0.4 is 0 Å². The third kappa shape index (κ3) is 1.76. The zero-order chi connectivity index (χ0) is 14.9. The molecule has 2 nitrogen and oxygen atoms in total. The molecule has 0 unspecified atom stereocenters. The van der Waals surface area contributed by atoms with Crippen molar-refractivity contribution in [3.63, 3.8) is 0 Å². The predicted molar refractivity (Wildman–Crippen MR) is 85.0 cm³/mol. The Kier molecular flexibility index (Phi) is 2.86. The minimum absolute atomic E-state index is 0.101. The molecule has 0 aliphatic heterocycles. The van der Waals surface area contributed by atoms with E-state index in [9.17, 15) is 4.79 Å². The fourth-order valence-electron chi connectivity index (χ4n) is 7.11. The maximum Gasteiger partial charge on any atom is 0.310 e. The van der Waals surface area contributed by atoms with Gasteiger partial charge in [0, 0.05) is 0 Å². The van der Waals surface area contributed by atoms with E-state index in [-0.39, 0.29) is 17.5 Å². The molecule has 0 amide bonds. The molecule has 5 fully saturated rings. The first-order valence-electron chi connectivity index (χ1n) is 9.59. The van der Waals surface area contributed by atoms with Crippen molar-refractivity contribution in [3.8, 4) is 0 Å². The summed E-state index contributed by atoms with van der Waals surface area (Å²) in [6.07, 6.45) is 14.6. The molecule has 22 heavy (non-hydrogen) atoms. The second-order valence-electron chi connectivity index (χ2n) is 8.92. The van der Waals surface area contributed by atoms with Crippen molar-refractivity contribution >= 4 is 5.97 Å². The number of carbonyl (C=O) groups excluding carboxylic acids is 1. The largest absolute Gasteiger partial charge is 0.458 e. The number of ether oxygens (including phenoxy) is 1. The zero-order valence-corrected chi connectivity index (χ0v) is 13.7. The van der Waals surface area contributed by atoms with Gasteiger partial charge in [-0.05, 0) is 86.9 Å². The maximum absolute atomic E-state index is 12.9. The lowest BCUT2D eigenvalue weighted by Gasteiger charge is -2.60. The number of hydrogen-bond acceptors (Lipinski definition) is 2. The van der Waals surface area contributed by atoms with Gasteiger partial charge >= 0.3 is 5.97 Å². The number of hydrogen-bond donors (Lipinski definition) is 0. The first-order chi connectivity index (χ1) is 10.7. The topological polar surface area (TPSA) is 26.3 Å². The van der Waals surface area contributed by atoms with E-state index in [2.05, 4.69) is 19.1 Å². The number of rotatable bonds is 3. The van der Waals surface area contributed by atoms with E-state index < -0.39 is 0 Å². The van der Waals surface area contributed by atoms with Crippen LogP contribution in [0, 0.1) is 41.4 Å². The fraction of sp³-hybridized carbons (Fsp3) is 0.850. The Hall–Kier alpha value is -0.790. The van der Waals surface area contributed by atoms with Crippen LogP contribution in [0.1, 0.15) is 58.3 Å². The molecule has 2 heteroatoms. The molecule has 6 rings (SSSR count). The van der Waals surface area contributed by atoms with Gasteiger partial charge in [-0.2, -0.15) is 0 Å². The van der Waals surface area contributed by atoms with Crippen LogP contribution in [0.4, 0.5) is 0 Å². The summed E-state index contributed by atoms with van der Waals surface area (Å²) in [6, 6.07) is 0.